The van der Waals surface area contributed by atoms with Crippen LogP contribution in [0.4, 0.5) is 18.0 Å². The van der Waals surface area contributed by atoms with Gasteiger partial charge >= 0.3 is 18.2 Å². The van der Waals surface area contributed by atoms with Crippen molar-refractivity contribution in [1.82, 2.24) is 10.6 Å². The van der Waals surface area contributed by atoms with Crippen LogP contribution in [0.15, 0.2) is 0 Å². The lowest BCUT2D eigenvalue weighted by Gasteiger charge is -2.23. The Morgan fingerprint density at radius 1 is 1.39 bits per heavy atom. The maximum absolute atomic E-state index is 11.8. The fourth-order valence-corrected chi connectivity index (χ4v) is 1.46. The maximum Gasteiger partial charge on any atom is 0.390 e. The molecule has 1 atom stereocenters. The van der Waals surface area contributed by atoms with Crippen LogP contribution in [0.5, 0.6) is 0 Å². The molecule has 1 aliphatic heterocycles. The molecule has 1 aliphatic rings. The van der Waals surface area contributed by atoms with Crippen LogP contribution in [0.25, 0.3) is 0 Å². The summed E-state index contributed by atoms with van der Waals surface area (Å²) in [7, 11) is 0. The number of carbonyl (C=O) groups excluding carboxylic acids is 1. The van der Waals surface area contributed by atoms with Crippen LogP contribution in [0.3, 0.4) is 0 Å². The molecule has 0 saturated carbocycles. The van der Waals surface area contributed by atoms with E-state index in [2.05, 4.69) is 5.32 Å². The topological polar surface area (TPSA) is 87.7 Å². The Labute approximate surface area is 100 Å². The summed E-state index contributed by atoms with van der Waals surface area (Å²) in [5.74, 6) is -1.27. The minimum absolute atomic E-state index is 0.0784. The highest BCUT2D eigenvalue weighted by Gasteiger charge is 2.44. The quantitative estimate of drug-likeness (QED) is 0.693. The fourth-order valence-electron chi connectivity index (χ4n) is 1.46. The van der Waals surface area contributed by atoms with Gasteiger partial charge in [-0.1, -0.05) is 0 Å². The highest BCUT2D eigenvalue weighted by molar-refractivity contribution is 5.86. The summed E-state index contributed by atoms with van der Waals surface area (Å²) < 4.78 is 40.4. The molecular weight excluding hydrogens is 257 g/mol. The molecule has 0 aromatic heterocycles. The van der Waals surface area contributed by atoms with Crippen molar-refractivity contribution in [3.05, 3.63) is 0 Å². The molecule has 0 spiro atoms. The minimum atomic E-state index is -4.37. The SMILES string of the molecule is O=C(NCCC(F)(F)F)NC1(C(=O)O)CCOC1. The van der Waals surface area contributed by atoms with Crippen molar-refractivity contribution in [2.24, 2.45) is 0 Å². The Kier molecular flexibility index (Phi) is 4.38. The molecule has 18 heavy (non-hydrogen) atoms. The number of alkyl halides is 3. The predicted molar refractivity (Wildman–Crippen MR) is 53.0 cm³/mol. The van der Waals surface area contributed by atoms with Crippen LogP contribution in [0, 0.1) is 0 Å². The molecule has 2 amide bonds. The van der Waals surface area contributed by atoms with Crippen molar-refractivity contribution in [2.75, 3.05) is 19.8 Å². The highest BCUT2D eigenvalue weighted by Crippen LogP contribution is 2.19. The lowest BCUT2D eigenvalue weighted by atomic mass is 9.99. The average Bonchev–Trinajstić information content (AvgIpc) is 2.65. The molecule has 1 fully saturated rings. The van der Waals surface area contributed by atoms with Gasteiger partial charge in [-0.2, -0.15) is 13.2 Å². The van der Waals surface area contributed by atoms with Gasteiger partial charge in [-0.25, -0.2) is 9.59 Å². The number of hydrogen-bond acceptors (Lipinski definition) is 3. The van der Waals surface area contributed by atoms with Crippen LogP contribution in [-0.4, -0.2) is 48.6 Å². The Bertz CT molecular complexity index is 326. The first-order valence-corrected chi connectivity index (χ1v) is 5.19. The molecule has 0 radical (unpaired) electrons. The van der Waals surface area contributed by atoms with Gasteiger partial charge in [0.2, 0.25) is 0 Å². The number of carboxylic acids is 1. The summed E-state index contributed by atoms with van der Waals surface area (Å²) in [5.41, 5.74) is -1.55. The Balaban J connectivity index is 2.41. The molecular formula is C9H13F3N2O4. The van der Waals surface area contributed by atoms with Gasteiger partial charge in [0.25, 0.3) is 0 Å². The molecule has 0 aromatic rings. The van der Waals surface area contributed by atoms with Gasteiger partial charge in [0.15, 0.2) is 5.54 Å². The second kappa shape index (κ2) is 5.42. The zero-order valence-electron chi connectivity index (χ0n) is 9.34. The van der Waals surface area contributed by atoms with Crippen molar-refractivity contribution in [3.8, 4) is 0 Å². The Morgan fingerprint density at radius 3 is 2.50 bits per heavy atom. The number of carboxylic acid groups (broad SMARTS) is 1. The number of ether oxygens (including phenoxy) is 1. The standard InChI is InChI=1S/C9H13F3N2O4/c10-9(11,12)1-3-13-7(17)14-8(6(15)16)2-4-18-5-8/h1-5H2,(H,15,16)(H2,13,14,17). The summed E-state index contributed by atoms with van der Waals surface area (Å²) in [4.78, 5) is 22.3. The number of aliphatic carboxylic acids is 1. The summed E-state index contributed by atoms with van der Waals surface area (Å²) in [5, 5.41) is 13.1. The number of urea groups is 1. The summed E-state index contributed by atoms with van der Waals surface area (Å²) in [6, 6.07) is -0.952. The van der Waals surface area contributed by atoms with Crippen molar-refractivity contribution >= 4 is 12.0 Å². The number of carbonyl (C=O) groups is 2. The van der Waals surface area contributed by atoms with E-state index in [0.29, 0.717) is 0 Å². The molecule has 6 nitrogen and oxygen atoms in total. The monoisotopic (exact) mass is 270 g/mol. The van der Waals surface area contributed by atoms with E-state index in [1.165, 1.54) is 0 Å². The molecule has 104 valence electrons. The van der Waals surface area contributed by atoms with Crippen LogP contribution < -0.4 is 10.6 Å². The van der Waals surface area contributed by atoms with Gasteiger partial charge in [0, 0.05) is 19.6 Å². The van der Waals surface area contributed by atoms with E-state index in [1.807, 2.05) is 5.32 Å². The third-order valence-electron chi connectivity index (χ3n) is 2.48. The molecule has 1 saturated heterocycles. The third-order valence-corrected chi connectivity index (χ3v) is 2.48. The van der Waals surface area contributed by atoms with Crippen molar-refractivity contribution in [1.29, 1.82) is 0 Å². The van der Waals surface area contributed by atoms with Gasteiger partial charge < -0.3 is 20.5 Å². The molecule has 0 aliphatic carbocycles. The lowest BCUT2D eigenvalue weighted by molar-refractivity contribution is -0.144. The second-order valence-corrected chi connectivity index (χ2v) is 3.94. The third kappa shape index (κ3) is 4.06. The van der Waals surface area contributed by atoms with Gasteiger partial charge in [0.1, 0.15) is 0 Å². The fraction of sp³-hybridized carbons (Fsp3) is 0.778. The Hall–Kier alpha value is -1.51. The zero-order chi connectivity index (χ0) is 13.8. The molecule has 1 rings (SSSR count). The predicted octanol–water partition coefficient (Wildman–Crippen LogP) is 0.482. The first-order chi connectivity index (χ1) is 8.25. The van der Waals surface area contributed by atoms with Gasteiger partial charge in [-0.05, 0) is 0 Å². The number of amides is 2. The summed E-state index contributed by atoms with van der Waals surface area (Å²) in [6.45, 7) is -0.629. The van der Waals surface area contributed by atoms with Gasteiger partial charge in [-0.3, -0.25) is 0 Å². The van der Waals surface area contributed by atoms with Crippen LogP contribution in [0.1, 0.15) is 12.8 Å². The summed E-state index contributed by atoms with van der Waals surface area (Å²) in [6.07, 6.45) is -5.46. The first-order valence-electron chi connectivity index (χ1n) is 5.19. The Morgan fingerprint density at radius 2 is 2.06 bits per heavy atom. The molecule has 9 heteroatoms. The normalized spacial score (nSPS) is 23.7. The zero-order valence-corrected chi connectivity index (χ0v) is 9.34. The van der Waals surface area contributed by atoms with Crippen molar-refractivity contribution in [3.63, 3.8) is 0 Å². The minimum Gasteiger partial charge on any atom is -0.479 e. The first kappa shape index (κ1) is 14.6. The van der Waals surface area contributed by atoms with E-state index in [1.54, 1.807) is 0 Å². The van der Waals surface area contributed by atoms with E-state index < -0.39 is 36.7 Å². The molecule has 1 unspecified atom stereocenters. The number of rotatable bonds is 4. The maximum atomic E-state index is 11.8. The molecule has 0 bridgehead atoms. The second-order valence-electron chi connectivity index (χ2n) is 3.94. The number of hydrogen-bond donors (Lipinski definition) is 3. The molecule has 0 aromatic carbocycles. The smallest absolute Gasteiger partial charge is 0.390 e. The number of nitrogens with one attached hydrogen (secondary N) is 2. The van der Waals surface area contributed by atoms with Crippen LogP contribution >= 0.6 is 0 Å². The van der Waals surface area contributed by atoms with E-state index in [-0.39, 0.29) is 19.6 Å². The summed E-state index contributed by atoms with van der Waals surface area (Å²) >= 11 is 0. The highest BCUT2D eigenvalue weighted by atomic mass is 19.4. The number of halogens is 3. The van der Waals surface area contributed by atoms with E-state index in [9.17, 15) is 22.8 Å². The van der Waals surface area contributed by atoms with E-state index in [0.717, 1.165) is 0 Å². The van der Waals surface area contributed by atoms with Crippen LogP contribution in [-0.2, 0) is 9.53 Å². The molecule has 1 heterocycles. The largest absolute Gasteiger partial charge is 0.479 e. The van der Waals surface area contributed by atoms with Gasteiger partial charge in [-0.15, -0.1) is 0 Å². The van der Waals surface area contributed by atoms with E-state index in [4.69, 9.17) is 9.84 Å². The average molecular weight is 270 g/mol. The van der Waals surface area contributed by atoms with E-state index >= 15 is 0 Å². The van der Waals surface area contributed by atoms with Crippen molar-refractivity contribution in [2.45, 2.75) is 24.6 Å². The molecule has 3 N–H and O–H groups in total. The van der Waals surface area contributed by atoms with Crippen molar-refractivity contribution < 1.29 is 32.6 Å². The van der Waals surface area contributed by atoms with Gasteiger partial charge in [0.05, 0.1) is 13.0 Å². The lowest BCUT2D eigenvalue weighted by Crippen LogP contribution is -2.57. The van der Waals surface area contributed by atoms with Crippen LogP contribution in [0.2, 0.25) is 0 Å².